The van der Waals surface area contributed by atoms with Gasteiger partial charge in [0.15, 0.2) is 0 Å². The zero-order valence-corrected chi connectivity index (χ0v) is 19.0. The fourth-order valence-corrected chi connectivity index (χ4v) is 3.69. The van der Waals surface area contributed by atoms with Crippen molar-refractivity contribution in [2.45, 2.75) is 6.54 Å². The average molecular weight is 479 g/mol. The average Bonchev–Trinajstić information content (AvgIpc) is 2.78. The Labute approximate surface area is 195 Å². The zero-order valence-electron chi connectivity index (χ0n) is 18.3. The van der Waals surface area contributed by atoms with Gasteiger partial charge in [-0.05, 0) is 6.07 Å². The van der Waals surface area contributed by atoms with E-state index in [1.807, 2.05) is 6.07 Å². The van der Waals surface area contributed by atoms with Gasteiger partial charge in [-0.25, -0.2) is 0 Å². The lowest BCUT2D eigenvalue weighted by Crippen LogP contribution is -2.35. The highest BCUT2D eigenvalue weighted by molar-refractivity contribution is 6.35. The third kappa shape index (κ3) is 5.61. The van der Waals surface area contributed by atoms with Crippen LogP contribution in [0.25, 0.3) is 11.1 Å². The number of primary amides is 1. The van der Waals surface area contributed by atoms with Gasteiger partial charge < -0.3 is 25.1 Å². The Morgan fingerprint density at radius 3 is 2.39 bits per heavy atom. The Hall–Kier alpha value is -3.59. The van der Waals surface area contributed by atoms with Crippen LogP contribution in [-0.4, -0.2) is 61.9 Å². The minimum Gasteiger partial charge on any atom is -0.496 e. The molecule has 0 saturated carbocycles. The number of aliphatic hydroxyl groups excluding tert-OH is 1. The molecular weight excluding hydrogens is 456 g/mol. The molecule has 176 valence electrons. The first-order chi connectivity index (χ1) is 15.7. The van der Waals surface area contributed by atoms with E-state index in [4.69, 9.17) is 31.5 Å². The van der Waals surface area contributed by atoms with Crippen LogP contribution >= 0.6 is 11.6 Å². The van der Waals surface area contributed by atoms with E-state index in [0.717, 1.165) is 6.07 Å². The van der Waals surface area contributed by atoms with Crippen molar-refractivity contribution in [3.05, 3.63) is 44.5 Å². The molecule has 3 N–H and O–H groups in total. The number of hydrogen-bond acceptors (Lipinski definition) is 9. The monoisotopic (exact) mass is 478 g/mol. The lowest BCUT2D eigenvalue weighted by Gasteiger charge is -2.25. The lowest BCUT2D eigenvalue weighted by atomic mass is 9.96. The largest absolute Gasteiger partial charge is 0.496 e. The summed E-state index contributed by atoms with van der Waals surface area (Å²) in [5.41, 5.74) is 5.73. The van der Waals surface area contributed by atoms with Gasteiger partial charge in [-0.15, -0.1) is 0 Å². The Morgan fingerprint density at radius 1 is 1.24 bits per heavy atom. The quantitative estimate of drug-likeness (QED) is 0.363. The molecule has 0 aliphatic carbocycles. The van der Waals surface area contributed by atoms with Gasteiger partial charge in [-0.1, -0.05) is 11.6 Å². The highest BCUT2D eigenvalue weighted by atomic mass is 35.5. The molecule has 0 saturated heterocycles. The molecule has 0 aliphatic heterocycles. The number of carbonyl (C=O) groups excluding carboxylic acids is 1. The summed E-state index contributed by atoms with van der Waals surface area (Å²) in [6, 6.07) is 5.89. The molecule has 0 spiro atoms. The smallest absolute Gasteiger partial charge is 0.289 e. The van der Waals surface area contributed by atoms with Crippen molar-refractivity contribution in [1.82, 2.24) is 4.90 Å². The number of methoxy groups -OCH3 is 3. The van der Waals surface area contributed by atoms with Crippen LogP contribution in [0.2, 0.25) is 5.02 Å². The van der Waals surface area contributed by atoms with Gasteiger partial charge >= 0.3 is 0 Å². The van der Waals surface area contributed by atoms with E-state index in [-0.39, 0.29) is 59.5 Å². The van der Waals surface area contributed by atoms with Gasteiger partial charge in [0.2, 0.25) is 5.91 Å². The Kier molecular flexibility index (Phi) is 8.81. The molecule has 0 fully saturated rings. The molecule has 1 amide bonds. The van der Waals surface area contributed by atoms with E-state index >= 15 is 0 Å². The molecule has 0 aliphatic rings. The SMILES string of the molecule is COc1cc(OC)c(-c2cc(C#N)cc([N+](=O)[O-])c2Cl)c(OC)c1CN(CCO)CC(N)=O. The molecule has 0 unspecified atom stereocenters. The standard InChI is InChI=1S/C21H23ClN4O7/c1-31-16-8-17(32-2)19(13-6-12(9-23)7-15(20(13)22)26(29)30)21(33-3)14(16)10-25(4-5-27)11-18(24)28/h6-8,27H,4-5,10-11H2,1-3H3,(H2,24,28). The number of aliphatic hydroxyl groups is 1. The molecule has 2 aromatic carbocycles. The predicted octanol–water partition coefficient (Wildman–Crippen LogP) is 2.09. The molecule has 0 bridgehead atoms. The molecule has 2 rings (SSSR count). The normalized spacial score (nSPS) is 10.6. The summed E-state index contributed by atoms with van der Waals surface area (Å²) >= 11 is 6.38. The van der Waals surface area contributed by atoms with Crippen LogP contribution in [0, 0.1) is 21.4 Å². The van der Waals surface area contributed by atoms with Gasteiger partial charge in [0.25, 0.3) is 5.69 Å². The van der Waals surface area contributed by atoms with Crippen LogP contribution in [-0.2, 0) is 11.3 Å². The minimum atomic E-state index is -0.689. The van der Waals surface area contributed by atoms with Crippen molar-refractivity contribution in [2.75, 3.05) is 41.0 Å². The van der Waals surface area contributed by atoms with E-state index in [1.54, 1.807) is 4.90 Å². The van der Waals surface area contributed by atoms with E-state index in [2.05, 4.69) is 0 Å². The summed E-state index contributed by atoms with van der Waals surface area (Å²) < 4.78 is 16.6. The number of hydrogen-bond donors (Lipinski definition) is 2. The van der Waals surface area contributed by atoms with E-state index in [0.29, 0.717) is 11.3 Å². The third-order valence-electron chi connectivity index (χ3n) is 4.78. The Bertz CT molecular complexity index is 1100. The van der Waals surface area contributed by atoms with Crippen molar-refractivity contribution in [2.24, 2.45) is 5.73 Å². The number of nitro groups is 1. The molecule has 0 aromatic heterocycles. The van der Waals surface area contributed by atoms with Gasteiger partial charge in [-0.2, -0.15) is 5.26 Å². The second-order valence-corrected chi connectivity index (χ2v) is 7.17. The number of nitro benzene ring substituents is 1. The number of benzene rings is 2. The van der Waals surface area contributed by atoms with Crippen LogP contribution in [0.15, 0.2) is 18.2 Å². The summed E-state index contributed by atoms with van der Waals surface area (Å²) in [5.74, 6) is 0.157. The molecule has 11 nitrogen and oxygen atoms in total. The summed E-state index contributed by atoms with van der Waals surface area (Å²) in [7, 11) is 4.19. The summed E-state index contributed by atoms with van der Waals surface area (Å²) in [4.78, 5) is 23.9. The van der Waals surface area contributed by atoms with E-state index < -0.39 is 16.5 Å². The van der Waals surface area contributed by atoms with Crippen molar-refractivity contribution in [1.29, 1.82) is 5.26 Å². The maximum absolute atomic E-state index is 11.5. The van der Waals surface area contributed by atoms with Crippen LogP contribution in [0.3, 0.4) is 0 Å². The number of nitrogens with two attached hydrogens (primary N) is 1. The van der Waals surface area contributed by atoms with E-state index in [1.165, 1.54) is 33.5 Å². The van der Waals surface area contributed by atoms with Gasteiger partial charge in [0.1, 0.15) is 22.3 Å². The van der Waals surface area contributed by atoms with Crippen molar-refractivity contribution in [3.8, 4) is 34.4 Å². The van der Waals surface area contributed by atoms with Crippen molar-refractivity contribution in [3.63, 3.8) is 0 Å². The molecule has 2 aromatic rings. The minimum absolute atomic E-state index is 0.0122. The first-order valence-corrected chi connectivity index (χ1v) is 9.91. The molecule has 0 radical (unpaired) electrons. The molecule has 0 atom stereocenters. The number of nitriles is 1. The summed E-state index contributed by atoms with van der Waals surface area (Å²) in [6.07, 6.45) is 0. The van der Waals surface area contributed by atoms with Crippen LogP contribution in [0.5, 0.6) is 17.2 Å². The van der Waals surface area contributed by atoms with Gasteiger partial charge in [-0.3, -0.25) is 19.8 Å². The number of nitrogens with zero attached hydrogens (tertiary/aromatic N) is 3. The van der Waals surface area contributed by atoms with Gasteiger partial charge in [0.05, 0.1) is 62.2 Å². The number of carbonyl (C=O) groups is 1. The van der Waals surface area contributed by atoms with E-state index in [9.17, 15) is 25.3 Å². The number of halogens is 1. The Balaban J connectivity index is 2.88. The maximum atomic E-state index is 11.5. The molecular formula is C21H23ClN4O7. The second-order valence-electron chi connectivity index (χ2n) is 6.79. The van der Waals surface area contributed by atoms with Crippen LogP contribution in [0.1, 0.15) is 11.1 Å². The van der Waals surface area contributed by atoms with Crippen LogP contribution < -0.4 is 19.9 Å². The van der Waals surface area contributed by atoms with Crippen LogP contribution in [0.4, 0.5) is 5.69 Å². The van der Waals surface area contributed by atoms with Crippen molar-refractivity contribution < 1.29 is 29.0 Å². The summed E-state index contributed by atoms with van der Waals surface area (Å²) in [5, 5.41) is 30.1. The van der Waals surface area contributed by atoms with Crippen molar-refractivity contribution >= 4 is 23.2 Å². The number of amides is 1. The van der Waals surface area contributed by atoms with Gasteiger partial charge in [0, 0.05) is 30.8 Å². The maximum Gasteiger partial charge on any atom is 0.289 e. The highest BCUT2D eigenvalue weighted by Crippen LogP contribution is 2.49. The topological polar surface area (TPSA) is 161 Å². The Morgan fingerprint density at radius 2 is 1.91 bits per heavy atom. The first-order valence-electron chi connectivity index (χ1n) is 9.54. The third-order valence-corrected chi connectivity index (χ3v) is 5.17. The summed E-state index contributed by atoms with van der Waals surface area (Å²) in [6.45, 7) is -0.176. The number of ether oxygens (including phenoxy) is 3. The zero-order chi connectivity index (χ0) is 24.7. The lowest BCUT2D eigenvalue weighted by molar-refractivity contribution is -0.384. The molecule has 0 heterocycles. The number of rotatable bonds is 11. The second kappa shape index (κ2) is 11.3. The fourth-order valence-electron chi connectivity index (χ4n) is 3.41. The molecule has 33 heavy (non-hydrogen) atoms. The predicted molar refractivity (Wildman–Crippen MR) is 119 cm³/mol. The highest BCUT2D eigenvalue weighted by Gasteiger charge is 2.28. The first kappa shape index (κ1) is 25.7. The fraction of sp³-hybridized carbons (Fsp3) is 0.333. The molecule has 12 heteroatoms.